The minimum absolute atomic E-state index is 0.0507. The summed E-state index contributed by atoms with van der Waals surface area (Å²) in [6.45, 7) is 5.24. The van der Waals surface area contributed by atoms with Crippen molar-refractivity contribution < 1.29 is 4.74 Å². The molecule has 1 aromatic carbocycles. The third kappa shape index (κ3) is 4.22. The van der Waals surface area contributed by atoms with Crippen LogP contribution in [0.5, 0.6) is 5.75 Å². The molecule has 31 heavy (non-hydrogen) atoms. The number of nitrogens with zero attached hydrogens (tertiary/aromatic N) is 5. The first-order valence-corrected chi connectivity index (χ1v) is 10.4. The maximum absolute atomic E-state index is 12.3. The van der Waals surface area contributed by atoms with Crippen LogP contribution in [0.25, 0.3) is 28.0 Å². The van der Waals surface area contributed by atoms with Crippen molar-refractivity contribution in [1.29, 1.82) is 0 Å². The van der Waals surface area contributed by atoms with Crippen molar-refractivity contribution in [3.8, 4) is 28.3 Å². The van der Waals surface area contributed by atoms with E-state index in [1.54, 1.807) is 12.1 Å². The number of hydrogen-bond donors (Lipinski definition) is 0. The highest BCUT2D eigenvalue weighted by atomic mass is 16.5. The topological polar surface area (TPSA) is 64.7 Å². The second-order valence-electron chi connectivity index (χ2n) is 8.00. The van der Waals surface area contributed by atoms with Crippen LogP contribution < -0.4 is 10.3 Å². The standard InChI is InChI=1S/C24H27N5O2/c1-17(2)29-21(30)13-12-19(25-29)22-23(18-9-6-5-7-10-18)26-28-14-8-11-20(24(22)28)31-16-15-27(3)4/h5-14,17H,15-16H2,1-4H3. The highest BCUT2D eigenvalue weighted by Crippen LogP contribution is 2.38. The second-order valence-corrected chi connectivity index (χ2v) is 8.00. The zero-order valence-corrected chi connectivity index (χ0v) is 18.3. The molecule has 0 saturated carbocycles. The normalized spacial score (nSPS) is 11.5. The van der Waals surface area contributed by atoms with Gasteiger partial charge in [0.15, 0.2) is 0 Å². The number of pyridine rings is 1. The maximum Gasteiger partial charge on any atom is 0.267 e. The zero-order chi connectivity index (χ0) is 22.0. The van der Waals surface area contributed by atoms with Gasteiger partial charge in [0, 0.05) is 24.4 Å². The molecule has 0 atom stereocenters. The van der Waals surface area contributed by atoms with E-state index < -0.39 is 0 Å². The predicted molar refractivity (Wildman–Crippen MR) is 123 cm³/mol. The van der Waals surface area contributed by atoms with Crippen LogP contribution in [0.2, 0.25) is 0 Å². The molecule has 7 heteroatoms. The molecule has 0 radical (unpaired) electrons. The number of fused-ring (bicyclic) bond motifs is 1. The van der Waals surface area contributed by atoms with Gasteiger partial charge in [-0.05, 0) is 46.1 Å². The van der Waals surface area contributed by atoms with Crippen LogP contribution in [-0.4, -0.2) is 51.5 Å². The Labute approximate surface area is 181 Å². The SMILES string of the molecule is CC(C)n1nc(-c2c(-c3ccccc3)nn3cccc(OCCN(C)C)c23)ccc1=O. The molecular weight excluding hydrogens is 390 g/mol. The molecule has 0 aliphatic rings. The highest BCUT2D eigenvalue weighted by Gasteiger charge is 2.21. The zero-order valence-electron chi connectivity index (χ0n) is 18.3. The van der Waals surface area contributed by atoms with Gasteiger partial charge in [-0.15, -0.1) is 0 Å². The summed E-state index contributed by atoms with van der Waals surface area (Å²) in [6, 6.07) is 17.1. The second kappa shape index (κ2) is 8.73. The van der Waals surface area contributed by atoms with E-state index in [1.165, 1.54) is 4.68 Å². The van der Waals surface area contributed by atoms with Crippen molar-refractivity contribution in [3.05, 3.63) is 71.1 Å². The number of benzene rings is 1. The fourth-order valence-corrected chi connectivity index (χ4v) is 3.49. The molecule has 4 rings (SSSR count). The molecule has 160 valence electrons. The van der Waals surface area contributed by atoms with Crippen LogP contribution >= 0.6 is 0 Å². The molecule has 0 fully saturated rings. The Morgan fingerprint density at radius 2 is 1.77 bits per heavy atom. The molecule has 7 nitrogen and oxygen atoms in total. The number of ether oxygens (including phenoxy) is 1. The van der Waals surface area contributed by atoms with Crippen LogP contribution in [0.3, 0.4) is 0 Å². The van der Waals surface area contributed by atoms with Gasteiger partial charge >= 0.3 is 0 Å². The van der Waals surface area contributed by atoms with Crippen molar-refractivity contribution >= 4 is 5.52 Å². The van der Waals surface area contributed by atoms with Gasteiger partial charge in [0.05, 0.1) is 17.3 Å². The van der Waals surface area contributed by atoms with Crippen LogP contribution in [0, 0.1) is 0 Å². The van der Waals surface area contributed by atoms with E-state index >= 15 is 0 Å². The third-order valence-corrected chi connectivity index (χ3v) is 5.03. The summed E-state index contributed by atoms with van der Waals surface area (Å²) in [4.78, 5) is 14.4. The molecule has 0 aliphatic heterocycles. The molecule has 0 saturated heterocycles. The lowest BCUT2D eigenvalue weighted by molar-refractivity contribution is 0.263. The largest absolute Gasteiger partial charge is 0.490 e. The van der Waals surface area contributed by atoms with Crippen LogP contribution in [-0.2, 0) is 0 Å². The number of aromatic nitrogens is 4. The molecule has 3 aromatic heterocycles. The van der Waals surface area contributed by atoms with Crippen molar-refractivity contribution in [3.63, 3.8) is 0 Å². The monoisotopic (exact) mass is 417 g/mol. The fraction of sp³-hybridized carbons (Fsp3) is 0.292. The Bertz CT molecular complexity index is 1240. The Kier molecular flexibility index (Phi) is 5.86. The van der Waals surface area contributed by atoms with Crippen molar-refractivity contribution in [2.45, 2.75) is 19.9 Å². The Morgan fingerprint density at radius 1 is 1.00 bits per heavy atom. The average Bonchev–Trinajstić information content (AvgIpc) is 3.15. The molecule has 4 aromatic rings. The molecule has 3 heterocycles. The van der Waals surface area contributed by atoms with Gasteiger partial charge in [-0.25, -0.2) is 9.20 Å². The van der Waals surface area contributed by atoms with Gasteiger partial charge in [0.25, 0.3) is 5.56 Å². The minimum Gasteiger partial charge on any atom is -0.490 e. The fourth-order valence-electron chi connectivity index (χ4n) is 3.49. The lowest BCUT2D eigenvalue weighted by Gasteiger charge is -2.13. The summed E-state index contributed by atoms with van der Waals surface area (Å²) in [5, 5.41) is 9.55. The lowest BCUT2D eigenvalue weighted by atomic mass is 10.0. The third-order valence-electron chi connectivity index (χ3n) is 5.03. The quantitative estimate of drug-likeness (QED) is 0.458. The Morgan fingerprint density at radius 3 is 2.48 bits per heavy atom. The summed E-state index contributed by atoms with van der Waals surface area (Å²) in [5.74, 6) is 0.734. The van der Waals surface area contributed by atoms with E-state index in [1.807, 2.05) is 81.1 Å². The summed E-state index contributed by atoms with van der Waals surface area (Å²) in [5.41, 5.74) is 4.02. The van der Waals surface area contributed by atoms with Gasteiger partial charge in [0.2, 0.25) is 0 Å². The molecule has 0 N–H and O–H groups in total. The number of likely N-dealkylation sites (N-methyl/N-ethyl adjacent to an activating group) is 1. The predicted octanol–water partition coefficient (Wildman–Crippen LogP) is 3.75. The average molecular weight is 418 g/mol. The van der Waals surface area contributed by atoms with E-state index in [-0.39, 0.29) is 11.6 Å². The first kappa shape index (κ1) is 20.8. The van der Waals surface area contributed by atoms with E-state index in [0.717, 1.165) is 34.6 Å². The van der Waals surface area contributed by atoms with Gasteiger partial charge in [-0.2, -0.15) is 10.2 Å². The van der Waals surface area contributed by atoms with Crippen LogP contribution in [0.1, 0.15) is 19.9 Å². The van der Waals surface area contributed by atoms with E-state index in [0.29, 0.717) is 12.3 Å². The van der Waals surface area contributed by atoms with Crippen LogP contribution in [0.15, 0.2) is 65.6 Å². The Balaban J connectivity index is 1.96. The first-order chi connectivity index (χ1) is 15.0. The van der Waals surface area contributed by atoms with Gasteiger partial charge in [0.1, 0.15) is 23.6 Å². The van der Waals surface area contributed by atoms with Gasteiger partial charge in [-0.1, -0.05) is 30.3 Å². The lowest BCUT2D eigenvalue weighted by Crippen LogP contribution is -2.24. The van der Waals surface area contributed by atoms with Gasteiger partial charge < -0.3 is 9.64 Å². The summed E-state index contributed by atoms with van der Waals surface area (Å²) in [7, 11) is 4.03. The van der Waals surface area contributed by atoms with E-state index in [4.69, 9.17) is 9.84 Å². The summed E-state index contributed by atoms with van der Waals surface area (Å²) in [6.07, 6.45) is 1.91. The Hall–Kier alpha value is -3.45. The number of rotatable bonds is 7. The minimum atomic E-state index is -0.126. The van der Waals surface area contributed by atoms with Crippen molar-refractivity contribution in [2.24, 2.45) is 0 Å². The maximum atomic E-state index is 12.3. The molecule has 0 aliphatic carbocycles. The molecule has 0 spiro atoms. The van der Waals surface area contributed by atoms with E-state index in [2.05, 4.69) is 10.00 Å². The first-order valence-electron chi connectivity index (χ1n) is 10.4. The van der Waals surface area contributed by atoms with Crippen LogP contribution in [0.4, 0.5) is 0 Å². The molecule has 0 unspecified atom stereocenters. The molecule has 0 amide bonds. The van der Waals surface area contributed by atoms with Crippen molar-refractivity contribution in [1.82, 2.24) is 24.3 Å². The molecule has 0 bridgehead atoms. The summed E-state index contributed by atoms with van der Waals surface area (Å²) >= 11 is 0. The number of hydrogen-bond acceptors (Lipinski definition) is 5. The highest BCUT2D eigenvalue weighted by molar-refractivity contribution is 5.93. The van der Waals surface area contributed by atoms with Crippen molar-refractivity contribution in [2.75, 3.05) is 27.2 Å². The van der Waals surface area contributed by atoms with Gasteiger partial charge in [-0.3, -0.25) is 4.79 Å². The smallest absolute Gasteiger partial charge is 0.267 e. The summed E-state index contributed by atoms with van der Waals surface area (Å²) < 4.78 is 9.48. The molecular formula is C24H27N5O2. The van der Waals surface area contributed by atoms with E-state index in [9.17, 15) is 4.79 Å².